The summed E-state index contributed by atoms with van der Waals surface area (Å²) in [6.07, 6.45) is 3.66. The van der Waals surface area contributed by atoms with E-state index in [1.807, 2.05) is 6.07 Å². The number of benzene rings is 1. The van der Waals surface area contributed by atoms with Crippen molar-refractivity contribution in [2.24, 2.45) is 16.1 Å². The van der Waals surface area contributed by atoms with Gasteiger partial charge in [0.05, 0.1) is 24.3 Å². The standard InChI is InChI=1S/C17H26ClN3O2/c1-16(2)7-4-8-17(22,10-16)11-20-15(19)21-12-5-6-14(23-3)13(18)9-12/h5-6,9,22H,4,7-8,10-11H2,1-3H3,(H3,19,20,21). The summed E-state index contributed by atoms with van der Waals surface area (Å²) in [5, 5.41) is 14.2. The van der Waals surface area contributed by atoms with Gasteiger partial charge < -0.3 is 20.9 Å². The number of nitrogens with two attached hydrogens (primary N) is 1. The number of halogens is 1. The van der Waals surface area contributed by atoms with Crippen LogP contribution >= 0.6 is 11.6 Å². The lowest BCUT2D eigenvalue weighted by atomic mass is 9.70. The molecule has 1 aliphatic carbocycles. The number of ether oxygens (including phenoxy) is 1. The van der Waals surface area contributed by atoms with Crippen LogP contribution in [0.3, 0.4) is 0 Å². The van der Waals surface area contributed by atoms with E-state index in [9.17, 15) is 5.11 Å². The molecule has 1 fully saturated rings. The molecule has 0 bridgehead atoms. The van der Waals surface area contributed by atoms with Crippen LogP contribution in [-0.2, 0) is 0 Å². The lowest BCUT2D eigenvalue weighted by molar-refractivity contribution is -0.0306. The summed E-state index contributed by atoms with van der Waals surface area (Å²) in [6, 6.07) is 5.29. The van der Waals surface area contributed by atoms with Crippen molar-refractivity contribution in [3.05, 3.63) is 23.2 Å². The first kappa shape index (κ1) is 17.9. The first-order valence-corrected chi connectivity index (χ1v) is 8.24. The molecule has 0 amide bonds. The van der Waals surface area contributed by atoms with Crippen LogP contribution in [0, 0.1) is 5.41 Å². The topological polar surface area (TPSA) is 79.9 Å². The average Bonchev–Trinajstić information content (AvgIpc) is 2.44. The molecule has 23 heavy (non-hydrogen) atoms. The SMILES string of the molecule is COc1ccc(NC(N)=NCC2(O)CCCC(C)(C)C2)cc1Cl. The van der Waals surface area contributed by atoms with E-state index < -0.39 is 5.60 Å². The van der Waals surface area contributed by atoms with Gasteiger partial charge in [-0.1, -0.05) is 25.4 Å². The minimum absolute atomic E-state index is 0.147. The van der Waals surface area contributed by atoms with Gasteiger partial charge in [-0.05, 0) is 49.3 Å². The lowest BCUT2D eigenvalue weighted by Crippen LogP contribution is -2.42. The number of aliphatic imine (C=N–C) groups is 1. The van der Waals surface area contributed by atoms with Crippen LogP contribution < -0.4 is 15.8 Å². The van der Waals surface area contributed by atoms with Gasteiger partial charge in [-0.3, -0.25) is 4.99 Å². The van der Waals surface area contributed by atoms with E-state index in [2.05, 4.69) is 24.2 Å². The second-order valence-corrected chi connectivity index (χ2v) is 7.50. The van der Waals surface area contributed by atoms with Crippen molar-refractivity contribution in [1.29, 1.82) is 0 Å². The number of nitrogens with zero attached hydrogens (tertiary/aromatic N) is 1. The average molecular weight is 340 g/mol. The van der Waals surface area contributed by atoms with Crippen LogP contribution in [0.1, 0.15) is 39.5 Å². The van der Waals surface area contributed by atoms with E-state index in [1.54, 1.807) is 19.2 Å². The summed E-state index contributed by atoms with van der Waals surface area (Å²) in [7, 11) is 1.57. The molecule has 128 valence electrons. The molecule has 0 spiro atoms. The van der Waals surface area contributed by atoms with Crippen molar-refractivity contribution >= 4 is 23.2 Å². The Balaban J connectivity index is 1.99. The first-order valence-electron chi connectivity index (χ1n) is 7.86. The van der Waals surface area contributed by atoms with Gasteiger partial charge in [-0.2, -0.15) is 0 Å². The van der Waals surface area contributed by atoms with Gasteiger partial charge in [0.15, 0.2) is 5.96 Å². The lowest BCUT2D eigenvalue weighted by Gasteiger charge is -2.40. The predicted molar refractivity (Wildman–Crippen MR) is 95.3 cm³/mol. The molecular formula is C17H26ClN3O2. The zero-order valence-corrected chi connectivity index (χ0v) is 14.8. The van der Waals surface area contributed by atoms with Gasteiger partial charge in [0, 0.05) is 5.69 Å². The molecule has 0 radical (unpaired) electrons. The fourth-order valence-corrected chi connectivity index (χ4v) is 3.52. The molecular weight excluding hydrogens is 314 g/mol. The Hall–Kier alpha value is -1.46. The highest BCUT2D eigenvalue weighted by Gasteiger charge is 2.38. The number of anilines is 1. The Bertz CT molecular complexity index is 589. The van der Waals surface area contributed by atoms with E-state index in [-0.39, 0.29) is 11.4 Å². The number of hydrogen-bond acceptors (Lipinski definition) is 3. The highest BCUT2D eigenvalue weighted by Crippen LogP contribution is 2.41. The van der Waals surface area contributed by atoms with E-state index in [4.69, 9.17) is 22.1 Å². The molecule has 0 saturated heterocycles. The first-order chi connectivity index (χ1) is 10.7. The van der Waals surface area contributed by atoms with Gasteiger partial charge >= 0.3 is 0 Å². The normalized spacial score (nSPS) is 24.3. The second kappa shape index (κ2) is 6.97. The molecule has 1 unspecified atom stereocenters. The van der Waals surface area contributed by atoms with E-state index >= 15 is 0 Å². The largest absolute Gasteiger partial charge is 0.495 e. The summed E-state index contributed by atoms with van der Waals surface area (Å²) < 4.78 is 5.11. The molecule has 0 heterocycles. The Morgan fingerprint density at radius 1 is 1.43 bits per heavy atom. The third-order valence-electron chi connectivity index (χ3n) is 4.27. The van der Waals surface area contributed by atoms with Crippen molar-refractivity contribution in [3.63, 3.8) is 0 Å². The molecule has 2 rings (SSSR count). The number of rotatable bonds is 4. The third kappa shape index (κ3) is 5.01. The van der Waals surface area contributed by atoms with E-state index in [0.29, 0.717) is 17.3 Å². The van der Waals surface area contributed by atoms with Crippen LogP contribution in [-0.4, -0.2) is 30.3 Å². The maximum atomic E-state index is 10.7. The van der Waals surface area contributed by atoms with Crippen LogP contribution in [0.25, 0.3) is 0 Å². The smallest absolute Gasteiger partial charge is 0.193 e. The molecule has 1 aromatic rings. The molecule has 1 aromatic carbocycles. The monoisotopic (exact) mass is 339 g/mol. The highest BCUT2D eigenvalue weighted by molar-refractivity contribution is 6.32. The van der Waals surface area contributed by atoms with E-state index in [1.165, 1.54) is 0 Å². The summed E-state index contributed by atoms with van der Waals surface area (Å²) in [4.78, 5) is 4.31. The van der Waals surface area contributed by atoms with Crippen LogP contribution in [0.5, 0.6) is 5.75 Å². The number of methoxy groups -OCH3 is 1. The second-order valence-electron chi connectivity index (χ2n) is 7.09. The quantitative estimate of drug-likeness (QED) is 0.580. The summed E-state index contributed by atoms with van der Waals surface area (Å²) >= 11 is 6.08. The fourth-order valence-electron chi connectivity index (χ4n) is 3.26. The molecule has 0 aromatic heterocycles. The molecule has 1 atom stereocenters. The Morgan fingerprint density at radius 2 is 2.17 bits per heavy atom. The third-order valence-corrected chi connectivity index (χ3v) is 4.57. The van der Waals surface area contributed by atoms with Crippen molar-refractivity contribution in [1.82, 2.24) is 0 Å². The van der Waals surface area contributed by atoms with Crippen molar-refractivity contribution in [2.75, 3.05) is 19.0 Å². The molecule has 4 N–H and O–H groups in total. The van der Waals surface area contributed by atoms with Gasteiger partial charge in [0.25, 0.3) is 0 Å². The van der Waals surface area contributed by atoms with Crippen LogP contribution in [0.4, 0.5) is 5.69 Å². The number of nitrogens with one attached hydrogen (secondary N) is 1. The number of guanidine groups is 1. The van der Waals surface area contributed by atoms with Crippen LogP contribution in [0.15, 0.2) is 23.2 Å². The minimum atomic E-state index is -0.772. The summed E-state index contributed by atoms with van der Waals surface area (Å²) in [5.74, 6) is 0.870. The zero-order valence-electron chi connectivity index (χ0n) is 14.0. The highest BCUT2D eigenvalue weighted by atomic mass is 35.5. The van der Waals surface area contributed by atoms with Gasteiger partial charge in [0.1, 0.15) is 5.75 Å². The molecule has 6 heteroatoms. The minimum Gasteiger partial charge on any atom is -0.495 e. The van der Waals surface area contributed by atoms with Crippen molar-refractivity contribution in [3.8, 4) is 5.75 Å². The maximum absolute atomic E-state index is 10.7. The fraction of sp³-hybridized carbons (Fsp3) is 0.588. The molecule has 5 nitrogen and oxygen atoms in total. The summed E-state index contributed by atoms with van der Waals surface area (Å²) in [6.45, 7) is 4.67. The Labute approximate surface area is 142 Å². The predicted octanol–water partition coefficient (Wildman–Crippen LogP) is 3.41. The maximum Gasteiger partial charge on any atom is 0.193 e. The van der Waals surface area contributed by atoms with Crippen molar-refractivity contribution < 1.29 is 9.84 Å². The van der Waals surface area contributed by atoms with Gasteiger partial charge in [-0.25, -0.2) is 0 Å². The van der Waals surface area contributed by atoms with Gasteiger partial charge in [0.2, 0.25) is 0 Å². The Kier molecular flexibility index (Phi) is 5.42. The molecule has 1 saturated carbocycles. The number of aliphatic hydroxyl groups is 1. The molecule has 1 aliphatic rings. The molecule has 0 aliphatic heterocycles. The van der Waals surface area contributed by atoms with E-state index in [0.717, 1.165) is 31.4 Å². The summed E-state index contributed by atoms with van der Waals surface area (Å²) in [5.41, 5.74) is 6.03. The zero-order chi connectivity index (χ0) is 17.1. The Morgan fingerprint density at radius 3 is 2.78 bits per heavy atom. The van der Waals surface area contributed by atoms with Crippen molar-refractivity contribution in [2.45, 2.75) is 45.1 Å². The number of hydrogen-bond donors (Lipinski definition) is 3. The van der Waals surface area contributed by atoms with Crippen LogP contribution in [0.2, 0.25) is 5.02 Å². The van der Waals surface area contributed by atoms with Gasteiger partial charge in [-0.15, -0.1) is 0 Å².